The lowest BCUT2D eigenvalue weighted by Crippen LogP contribution is -2.29. The van der Waals surface area contributed by atoms with Crippen LogP contribution in [0.25, 0.3) is 10.4 Å². The lowest BCUT2D eigenvalue weighted by atomic mass is 10.2. The highest BCUT2D eigenvalue weighted by atomic mass is 19.1. The van der Waals surface area contributed by atoms with E-state index in [1.165, 1.54) is 16.8 Å². The number of nitrogens with zero attached hydrogens (tertiary/aromatic N) is 5. The third kappa shape index (κ3) is 7.28. The zero-order valence-electron chi connectivity index (χ0n) is 13.2. The lowest BCUT2D eigenvalue weighted by Gasteiger charge is -2.19. The summed E-state index contributed by atoms with van der Waals surface area (Å²) < 4.78 is 19.6. The van der Waals surface area contributed by atoms with Gasteiger partial charge in [-0.1, -0.05) is 5.11 Å². The summed E-state index contributed by atoms with van der Waals surface area (Å²) in [7, 11) is 0. The molecule has 0 saturated heterocycles. The Hall–Kier alpha value is -2.61. The first-order chi connectivity index (χ1) is 10.7. The molecule has 0 aliphatic heterocycles. The minimum Gasteiger partial charge on any atom is -0.444 e. The van der Waals surface area contributed by atoms with Gasteiger partial charge < -0.3 is 4.74 Å². The first-order valence-electron chi connectivity index (χ1n) is 6.93. The number of aryl methyl sites for hydroxylation is 1. The Morgan fingerprint density at radius 2 is 2.30 bits per heavy atom. The molecule has 1 N–H and O–H groups in total. The van der Waals surface area contributed by atoms with Gasteiger partial charge in [0, 0.05) is 17.7 Å². The van der Waals surface area contributed by atoms with Gasteiger partial charge in [-0.2, -0.15) is 4.98 Å². The summed E-state index contributed by atoms with van der Waals surface area (Å²) in [5, 5.41) is 5.47. The van der Waals surface area contributed by atoms with E-state index in [9.17, 15) is 14.0 Å². The molecular formula is C13H19FN6O3. The van der Waals surface area contributed by atoms with Crippen molar-refractivity contribution >= 4 is 11.9 Å². The molecule has 1 heterocycles. The number of alkyl halides is 1. The minimum atomic E-state index is -1.34. The Morgan fingerprint density at radius 3 is 2.87 bits per heavy atom. The fraction of sp³-hybridized carbons (Fsp3) is 0.615. The zero-order chi connectivity index (χ0) is 17.5. The Bertz CT molecular complexity index is 648. The number of amides is 1. The molecule has 0 radical (unpaired) electrons. The number of halogens is 1. The first kappa shape index (κ1) is 18.4. The van der Waals surface area contributed by atoms with Crippen molar-refractivity contribution in [2.45, 2.75) is 45.5 Å². The summed E-state index contributed by atoms with van der Waals surface area (Å²) in [6.07, 6.45) is -0.653. The summed E-state index contributed by atoms with van der Waals surface area (Å²) in [6, 6.07) is 1.41. The number of nitrogens with one attached hydrogen (secondary N) is 1. The van der Waals surface area contributed by atoms with Crippen LogP contribution in [-0.2, 0) is 11.3 Å². The van der Waals surface area contributed by atoms with E-state index >= 15 is 0 Å². The predicted octanol–water partition coefficient (Wildman–Crippen LogP) is 2.63. The molecule has 0 aromatic carbocycles. The van der Waals surface area contributed by atoms with Gasteiger partial charge >= 0.3 is 11.8 Å². The van der Waals surface area contributed by atoms with Gasteiger partial charge in [-0.25, -0.2) is 14.0 Å². The molecule has 9 nitrogen and oxygen atoms in total. The average Bonchev–Trinajstić information content (AvgIpc) is 2.42. The van der Waals surface area contributed by atoms with Crippen molar-refractivity contribution in [2.75, 3.05) is 11.9 Å². The van der Waals surface area contributed by atoms with E-state index < -0.39 is 23.6 Å². The maximum absolute atomic E-state index is 13.3. The second-order valence-electron chi connectivity index (χ2n) is 5.72. The maximum atomic E-state index is 13.3. The van der Waals surface area contributed by atoms with E-state index in [2.05, 4.69) is 20.3 Å². The van der Waals surface area contributed by atoms with Gasteiger partial charge in [-0.05, 0) is 38.8 Å². The van der Waals surface area contributed by atoms with Crippen LogP contribution in [0, 0.1) is 0 Å². The summed E-state index contributed by atoms with van der Waals surface area (Å²) in [4.78, 5) is 29.5. The quantitative estimate of drug-likeness (QED) is 0.490. The second-order valence-corrected chi connectivity index (χ2v) is 5.72. The van der Waals surface area contributed by atoms with Crippen LogP contribution >= 0.6 is 0 Å². The molecule has 126 valence electrons. The second kappa shape index (κ2) is 8.14. The molecule has 0 fully saturated rings. The van der Waals surface area contributed by atoms with E-state index in [1.54, 1.807) is 20.8 Å². The molecule has 10 heteroatoms. The number of hydrogen-bond donors (Lipinski definition) is 1. The highest BCUT2D eigenvalue weighted by Gasteiger charge is 2.16. The number of azide groups is 1. The van der Waals surface area contributed by atoms with Crippen LogP contribution in [0.2, 0.25) is 0 Å². The normalized spacial score (nSPS) is 12.2. The van der Waals surface area contributed by atoms with E-state index in [-0.39, 0.29) is 25.3 Å². The molecule has 23 heavy (non-hydrogen) atoms. The van der Waals surface area contributed by atoms with Gasteiger partial charge in [0.25, 0.3) is 0 Å². The maximum Gasteiger partial charge on any atom is 0.413 e. The molecule has 0 bridgehead atoms. The Balaban J connectivity index is 2.62. The van der Waals surface area contributed by atoms with E-state index in [1.807, 2.05) is 0 Å². The Kier molecular flexibility index (Phi) is 6.52. The average molecular weight is 326 g/mol. The molecule has 0 saturated carbocycles. The van der Waals surface area contributed by atoms with Crippen molar-refractivity contribution in [3.63, 3.8) is 0 Å². The van der Waals surface area contributed by atoms with Crippen molar-refractivity contribution < 1.29 is 13.9 Å². The smallest absolute Gasteiger partial charge is 0.413 e. The number of carbonyl (C=O) groups excluding carboxylic acids is 1. The van der Waals surface area contributed by atoms with Crippen LogP contribution in [0.3, 0.4) is 0 Å². The summed E-state index contributed by atoms with van der Waals surface area (Å²) in [6.45, 7) is 4.93. The fourth-order valence-corrected chi connectivity index (χ4v) is 1.57. The minimum absolute atomic E-state index is 0.0133. The van der Waals surface area contributed by atoms with Crippen LogP contribution in [0.15, 0.2) is 22.2 Å². The van der Waals surface area contributed by atoms with E-state index in [4.69, 9.17) is 10.3 Å². The van der Waals surface area contributed by atoms with Crippen molar-refractivity contribution in [1.29, 1.82) is 0 Å². The van der Waals surface area contributed by atoms with Gasteiger partial charge in [-0.3, -0.25) is 9.88 Å². The molecule has 1 aromatic heterocycles. The van der Waals surface area contributed by atoms with E-state index in [0.29, 0.717) is 0 Å². The predicted molar refractivity (Wildman–Crippen MR) is 81.9 cm³/mol. The van der Waals surface area contributed by atoms with Crippen molar-refractivity contribution in [1.82, 2.24) is 9.55 Å². The number of hydrogen-bond acceptors (Lipinski definition) is 5. The molecule has 1 atom stereocenters. The fourth-order valence-electron chi connectivity index (χ4n) is 1.57. The molecule has 1 amide bonds. The molecule has 1 rings (SSSR count). The van der Waals surface area contributed by atoms with Gasteiger partial charge in [0.2, 0.25) is 0 Å². The first-order valence-corrected chi connectivity index (χ1v) is 6.93. The lowest BCUT2D eigenvalue weighted by molar-refractivity contribution is 0.0635. The van der Waals surface area contributed by atoms with Crippen molar-refractivity contribution in [2.24, 2.45) is 5.11 Å². The number of rotatable bonds is 6. The standard InChI is InChI=1S/C13H19FN6O3/c1-13(2,3)23-12(22)18-10-5-7-20(11(21)17-10)6-4-9(14)8-16-19-15/h5,7,9H,4,6,8H2,1-3H3,(H,17,18,21,22). The van der Waals surface area contributed by atoms with Crippen LogP contribution in [0.1, 0.15) is 27.2 Å². The number of carbonyl (C=O) groups is 1. The monoisotopic (exact) mass is 326 g/mol. The highest BCUT2D eigenvalue weighted by molar-refractivity contribution is 5.83. The van der Waals surface area contributed by atoms with Gasteiger partial charge in [0.05, 0.1) is 6.54 Å². The molecule has 0 spiro atoms. The van der Waals surface area contributed by atoms with Crippen LogP contribution in [-0.4, -0.2) is 34.0 Å². The summed E-state index contributed by atoms with van der Waals surface area (Å²) in [5.74, 6) is 0.0476. The van der Waals surface area contributed by atoms with Crippen LogP contribution in [0.5, 0.6) is 0 Å². The highest BCUT2D eigenvalue weighted by Crippen LogP contribution is 2.09. The summed E-state index contributed by atoms with van der Waals surface area (Å²) >= 11 is 0. The molecule has 1 unspecified atom stereocenters. The third-order valence-electron chi connectivity index (χ3n) is 2.53. The Labute approximate surface area is 132 Å². The largest absolute Gasteiger partial charge is 0.444 e. The number of anilines is 1. The van der Waals surface area contributed by atoms with Crippen LogP contribution < -0.4 is 11.0 Å². The van der Waals surface area contributed by atoms with Gasteiger partial charge in [0.1, 0.15) is 17.6 Å². The van der Waals surface area contributed by atoms with Crippen LogP contribution in [0.4, 0.5) is 15.0 Å². The molecule has 1 aromatic rings. The number of ether oxygens (including phenoxy) is 1. The zero-order valence-corrected chi connectivity index (χ0v) is 13.2. The summed E-state index contributed by atoms with van der Waals surface area (Å²) in [5.41, 5.74) is 6.80. The number of aromatic nitrogens is 2. The molecule has 0 aliphatic carbocycles. The third-order valence-corrected chi connectivity index (χ3v) is 2.53. The molecular weight excluding hydrogens is 307 g/mol. The molecule has 0 aliphatic rings. The van der Waals surface area contributed by atoms with Gasteiger partial charge in [0.15, 0.2) is 0 Å². The van der Waals surface area contributed by atoms with E-state index in [0.717, 1.165) is 0 Å². The topological polar surface area (TPSA) is 122 Å². The SMILES string of the molecule is CC(C)(C)OC(=O)Nc1ccn(CCC(F)CN=[N+]=[N-])c(=O)n1. The van der Waals surface area contributed by atoms with Crippen molar-refractivity contribution in [3.8, 4) is 0 Å². The Morgan fingerprint density at radius 1 is 1.61 bits per heavy atom. The van der Waals surface area contributed by atoms with Gasteiger partial charge in [-0.15, -0.1) is 0 Å². The van der Waals surface area contributed by atoms with Crippen molar-refractivity contribution in [3.05, 3.63) is 33.2 Å².